The standard InChI is InChI=1S/C72H122O6/c1-4-7-10-13-16-19-21-23-25-27-29-31-33-34-35-36-37-38-39-41-42-44-46-48-50-53-56-59-62-65-71(74)77-68-69(67-76-70(73)64-61-58-55-52-18-15-12-9-6-3)78-72(75)66-63-60-57-54-51-49-47-45-43-40-32-30-28-26-24-22-20-17-14-11-8-5-2/h7,10,16,19,23,25,29,31,34-35,37-38,41-42,46,48,53,56,69H,4-6,8-9,11-15,17-18,20-22,24,26-28,30,32-33,36,39-40,43-45,47,49-52,54-55,57-68H2,1-3H3/b10-7-,19-16-,25-23-,31-29-,35-34-,38-37-,42-41-,48-46-,56-53-. The Morgan fingerprint density at radius 3 is 0.782 bits per heavy atom. The molecule has 0 aliphatic carbocycles. The third-order valence-electron chi connectivity index (χ3n) is 14.0. The molecule has 78 heavy (non-hydrogen) atoms. The molecule has 0 heterocycles. The third-order valence-corrected chi connectivity index (χ3v) is 14.0. The van der Waals surface area contributed by atoms with Crippen molar-refractivity contribution in [3.05, 3.63) is 109 Å². The molecule has 0 aliphatic rings. The van der Waals surface area contributed by atoms with Gasteiger partial charge in [-0.2, -0.15) is 0 Å². The Kier molecular flexibility index (Phi) is 62.3. The van der Waals surface area contributed by atoms with Gasteiger partial charge in [0.2, 0.25) is 0 Å². The smallest absolute Gasteiger partial charge is 0.306 e. The van der Waals surface area contributed by atoms with Gasteiger partial charge in [0.05, 0.1) is 0 Å². The molecule has 0 aliphatic heterocycles. The van der Waals surface area contributed by atoms with Gasteiger partial charge in [-0.3, -0.25) is 14.4 Å². The highest BCUT2D eigenvalue weighted by molar-refractivity contribution is 5.71. The molecule has 6 nitrogen and oxygen atoms in total. The van der Waals surface area contributed by atoms with Gasteiger partial charge in [0, 0.05) is 19.3 Å². The van der Waals surface area contributed by atoms with Crippen molar-refractivity contribution in [3.63, 3.8) is 0 Å². The van der Waals surface area contributed by atoms with Crippen LogP contribution in [0.4, 0.5) is 0 Å². The van der Waals surface area contributed by atoms with Crippen LogP contribution in [0.1, 0.15) is 310 Å². The summed E-state index contributed by atoms with van der Waals surface area (Å²) >= 11 is 0. The van der Waals surface area contributed by atoms with E-state index in [0.29, 0.717) is 19.3 Å². The molecule has 0 aromatic carbocycles. The Bertz CT molecular complexity index is 1570. The van der Waals surface area contributed by atoms with Crippen molar-refractivity contribution in [2.75, 3.05) is 13.2 Å². The van der Waals surface area contributed by atoms with Gasteiger partial charge in [-0.25, -0.2) is 0 Å². The van der Waals surface area contributed by atoms with E-state index >= 15 is 0 Å². The summed E-state index contributed by atoms with van der Waals surface area (Å²) in [5.74, 6) is -0.948. The van der Waals surface area contributed by atoms with Crippen LogP contribution in [0.25, 0.3) is 0 Å². The topological polar surface area (TPSA) is 78.9 Å². The van der Waals surface area contributed by atoms with Gasteiger partial charge in [0.1, 0.15) is 13.2 Å². The van der Waals surface area contributed by atoms with Crippen molar-refractivity contribution in [2.24, 2.45) is 0 Å². The van der Waals surface area contributed by atoms with Gasteiger partial charge in [-0.1, -0.05) is 316 Å². The second kappa shape index (κ2) is 65.6. The molecule has 0 fully saturated rings. The zero-order valence-electron chi connectivity index (χ0n) is 51.2. The Balaban J connectivity index is 4.31. The first kappa shape index (κ1) is 74.1. The van der Waals surface area contributed by atoms with Crippen molar-refractivity contribution in [1.82, 2.24) is 0 Å². The number of unbranched alkanes of at least 4 members (excludes halogenated alkanes) is 30. The highest BCUT2D eigenvalue weighted by Crippen LogP contribution is 2.17. The van der Waals surface area contributed by atoms with Crippen LogP contribution in [0, 0.1) is 0 Å². The van der Waals surface area contributed by atoms with Crippen LogP contribution in [0.15, 0.2) is 109 Å². The summed E-state index contributed by atoms with van der Waals surface area (Å²) in [7, 11) is 0. The van der Waals surface area contributed by atoms with Crippen molar-refractivity contribution < 1.29 is 28.6 Å². The molecule has 0 bridgehead atoms. The number of carbonyl (C=O) groups is 3. The van der Waals surface area contributed by atoms with Crippen molar-refractivity contribution in [2.45, 2.75) is 316 Å². The maximum Gasteiger partial charge on any atom is 0.306 e. The average molecular weight is 1080 g/mol. The van der Waals surface area contributed by atoms with Gasteiger partial charge < -0.3 is 14.2 Å². The van der Waals surface area contributed by atoms with Crippen LogP contribution >= 0.6 is 0 Å². The maximum atomic E-state index is 12.9. The van der Waals surface area contributed by atoms with E-state index in [0.717, 1.165) is 103 Å². The van der Waals surface area contributed by atoms with E-state index in [1.54, 1.807) is 0 Å². The highest BCUT2D eigenvalue weighted by Gasteiger charge is 2.19. The van der Waals surface area contributed by atoms with Crippen molar-refractivity contribution in [1.29, 1.82) is 0 Å². The second-order valence-corrected chi connectivity index (χ2v) is 21.7. The fourth-order valence-electron chi connectivity index (χ4n) is 9.15. The molecular weight excluding hydrogens is 961 g/mol. The lowest BCUT2D eigenvalue weighted by Crippen LogP contribution is -2.30. The van der Waals surface area contributed by atoms with Gasteiger partial charge in [-0.15, -0.1) is 0 Å². The SMILES string of the molecule is CC/C=C\C/C=C\C/C=C\C/C=C\C/C=C\C/C=C\C/C=C\C/C=C\C/C=C\CCCC(=O)OCC(COC(=O)CCCCCCCCCCC)OC(=O)CCCCCCCCCCCCCCCCCCCCCCCC. The molecule has 0 rings (SSSR count). The largest absolute Gasteiger partial charge is 0.462 e. The first-order valence-electron chi connectivity index (χ1n) is 32.9. The highest BCUT2D eigenvalue weighted by atomic mass is 16.6. The number of ether oxygens (including phenoxy) is 3. The van der Waals surface area contributed by atoms with E-state index < -0.39 is 6.10 Å². The predicted octanol–water partition coefficient (Wildman–Crippen LogP) is 22.6. The summed E-state index contributed by atoms with van der Waals surface area (Å²) in [6.07, 6.45) is 89.8. The third kappa shape index (κ3) is 62.9. The van der Waals surface area contributed by atoms with Crippen LogP contribution in [0.2, 0.25) is 0 Å². The summed E-state index contributed by atoms with van der Waals surface area (Å²) < 4.78 is 16.8. The van der Waals surface area contributed by atoms with E-state index in [4.69, 9.17) is 14.2 Å². The summed E-state index contributed by atoms with van der Waals surface area (Å²) in [5, 5.41) is 0. The Morgan fingerprint density at radius 1 is 0.269 bits per heavy atom. The Hall–Kier alpha value is -3.93. The average Bonchev–Trinajstić information content (AvgIpc) is 3.44. The first-order valence-corrected chi connectivity index (χ1v) is 32.9. The van der Waals surface area contributed by atoms with Crippen LogP contribution in [0.3, 0.4) is 0 Å². The summed E-state index contributed by atoms with van der Waals surface area (Å²) in [5.41, 5.74) is 0. The summed E-state index contributed by atoms with van der Waals surface area (Å²) in [6, 6.07) is 0. The summed E-state index contributed by atoms with van der Waals surface area (Å²) in [4.78, 5) is 38.2. The predicted molar refractivity (Wildman–Crippen MR) is 339 cm³/mol. The fraction of sp³-hybridized carbons (Fsp3) is 0.708. The number of esters is 3. The number of hydrogen-bond acceptors (Lipinski definition) is 6. The lowest BCUT2D eigenvalue weighted by Gasteiger charge is -2.18. The summed E-state index contributed by atoms with van der Waals surface area (Å²) in [6.45, 7) is 6.49. The molecule has 446 valence electrons. The van der Waals surface area contributed by atoms with Crippen LogP contribution in [-0.2, 0) is 28.6 Å². The van der Waals surface area contributed by atoms with Gasteiger partial charge >= 0.3 is 17.9 Å². The quantitative estimate of drug-likeness (QED) is 0.0261. The molecule has 0 saturated heterocycles. The van der Waals surface area contributed by atoms with Crippen LogP contribution in [-0.4, -0.2) is 37.2 Å². The number of hydrogen-bond donors (Lipinski definition) is 0. The lowest BCUT2D eigenvalue weighted by molar-refractivity contribution is -0.167. The van der Waals surface area contributed by atoms with E-state index in [-0.39, 0.29) is 37.5 Å². The molecule has 0 N–H and O–H groups in total. The van der Waals surface area contributed by atoms with E-state index in [9.17, 15) is 14.4 Å². The number of carbonyl (C=O) groups excluding carboxylic acids is 3. The Labute approximate surface area is 482 Å². The number of rotatable bonds is 59. The zero-order chi connectivity index (χ0) is 56.4. The maximum absolute atomic E-state index is 12.9. The van der Waals surface area contributed by atoms with E-state index in [1.165, 1.54) is 161 Å². The molecule has 0 amide bonds. The molecule has 0 aromatic heterocycles. The molecule has 1 atom stereocenters. The first-order chi connectivity index (χ1) is 38.5. The van der Waals surface area contributed by atoms with Crippen LogP contribution < -0.4 is 0 Å². The van der Waals surface area contributed by atoms with Gasteiger partial charge in [-0.05, 0) is 83.5 Å². The molecule has 1 unspecified atom stereocenters. The normalized spacial score (nSPS) is 12.8. The Morgan fingerprint density at radius 2 is 0.500 bits per heavy atom. The minimum atomic E-state index is -0.800. The zero-order valence-corrected chi connectivity index (χ0v) is 51.2. The van der Waals surface area contributed by atoms with Crippen LogP contribution in [0.5, 0.6) is 0 Å². The van der Waals surface area contributed by atoms with Crippen molar-refractivity contribution >= 4 is 17.9 Å². The molecule has 0 spiro atoms. The van der Waals surface area contributed by atoms with Crippen molar-refractivity contribution in [3.8, 4) is 0 Å². The molecular formula is C72H122O6. The minimum absolute atomic E-state index is 0.0931. The molecule has 0 radical (unpaired) electrons. The second-order valence-electron chi connectivity index (χ2n) is 21.7. The van der Waals surface area contributed by atoms with Gasteiger partial charge in [0.25, 0.3) is 0 Å². The lowest BCUT2D eigenvalue weighted by atomic mass is 10.0. The molecule has 0 aromatic rings. The molecule has 6 heteroatoms. The van der Waals surface area contributed by atoms with E-state index in [2.05, 4.69) is 130 Å². The molecule has 0 saturated carbocycles. The monoisotopic (exact) mass is 1080 g/mol. The number of allylic oxidation sites excluding steroid dienone is 18. The minimum Gasteiger partial charge on any atom is -0.462 e. The van der Waals surface area contributed by atoms with Gasteiger partial charge in [0.15, 0.2) is 6.10 Å². The van der Waals surface area contributed by atoms with E-state index in [1.807, 2.05) is 0 Å². The fourth-order valence-corrected chi connectivity index (χ4v) is 9.15.